The van der Waals surface area contributed by atoms with E-state index in [-0.39, 0.29) is 5.91 Å². The molecule has 0 aromatic heterocycles. The quantitative estimate of drug-likeness (QED) is 0.834. The number of carboxylic acid groups (broad SMARTS) is 1. The van der Waals surface area contributed by atoms with E-state index >= 15 is 0 Å². The van der Waals surface area contributed by atoms with Crippen LogP contribution in [0.3, 0.4) is 0 Å². The fourth-order valence-electron chi connectivity index (χ4n) is 3.27. The van der Waals surface area contributed by atoms with E-state index in [1.165, 1.54) is 10.5 Å². The molecule has 132 valence electrons. The zero-order valence-electron chi connectivity index (χ0n) is 14.7. The normalized spacial score (nSPS) is 18.0. The highest BCUT2D eigenvalue weighted by atomic mass is 16.4. The molecule has 2 rings (SSSR count). The molecule has 1 aliphatic heterocycles. The van der Waals surface area contributed by atoms with E-state index in [1.807, 2.05) is 24.3 Å². The summed E-state index contributed by atoms with van der Waals surface area (Å²) in [6, 6.07) is 6.91. The molecule has 1 saturated heterocycles. The van der Waals surface area contributed by atoms with Crippen LogP contribution in [0.1, 0.15) is 55.5 Å². The van der Waals surface area contributed by atoms with Crippen molar-refractivity contribution in [3.8, 4) is 0 Å². The Morgan fingerprint density at radius 2 is 1.92 bits per heavy atom. The van der Waals surface area contributed by atoms with Gasteiger partial charge in [0.15, 0.2) is 0 Å². The highest BCUT2D eigenvalue weighted by molar-refractivity contribution is 5.96. The number of benzene rings is 1. The number of nitrogens with zero attached hydrogens (tertiary/aromatic N) is 2. The summed E-state index contributed by atoms with van der Waals surface area (Å²) >= 11 is 0. The maximum absolute atomic E-state index is 12.7. The van der Waals surface area contributed by atoms with Gasteiger partial charge in [0.2, 0.25) is 0 Å². The van der Waals surface area contributed by atoms with E-state index in [2.05, 4.69) is 18.7 Å². The first-order chi connectivity index (χ1) is 11.6. The van der Waals surface area contributed by atoms with E-state index in [9.17, 15) is 14.7 Å². The minimum Gasteiger partial charge on any atom is -0.480 e. The van der Waals surface area contributed by atoms with Gasteiger partial charge in [0.1, 0.15) is 6.04 Å². The molecule has 5 nitrogen and oxygen atoms in total. The van der Waals surface area contributed by atoms with Crippen molar-refractivity contribution in [1.29, 1.82) is 0 Å². The van der Waals surface area contributed by atoms with Gasteiger partial charge >= 0.3 is 5.97 Å². The third-order valence-corrected chi connectivity index (χ3v) is 4.64. The van der Waals surface area contributed by atoms with Crippen molar-refractivity contribution in [2.45, 2.75) is 52.1 Å². The van der Waals surface area contributed by atoms with Crippen LogP contribution >= 0.6 is 0 Å². The molecule has 0 spiro atoms. The molecule has 0 saturated carbocycles. The van der Waals surface area contributed by atoms with E-state index in [4.69, 9.17) is 0 Å². The predicted octanol–water partition coefficient (Wildman–Crippen LogP) is 3.00. The number of hydrogen-bond acceptors (Lipinski definition) is 3. The fraction of sp³-hybridized carbons (Fsp3) is 0.579. The zero-order valence-corrected chi connectivity index (χ0v) is 14.7. The molecule has 5 heteroatoms. The molecule has 24 heavy (non-hydrogen) atoms. The average Bonchev–Trinajstić information content (AvgIpc) is 2.61. The summed E-state index contributed by atoms with van der Waals surface area (Å²) in [5.74, 6) is -1.08. The van der Waals surface area contributed by atoms with Gasteiger partial charge < -0.3 is 10.0 Å². The lowest BCUT2D eigenvalue weighted by molar-refractivity contribution is -0.143. The molecular weight excluding hydrogens is 304 g/mol. The summed E-state index contributed by atoms with van der Waals surface area (Å²) in [4.78, 5) is 27.9. The van der Waals surface area contributed by atoms with Crippen LogP contribution in [0.4, 0.5) is 0 Å². The third kappa shape index (κ3) is 4.57. The number of carbonyl (C=O) groups excluding carboxylic acids is 1. The monoisotopic (exact) mass is 332 g/mol. The summed E-state index contributed by atoms with van der Waals surface area (Å²) < 4.78 is 0. The second-order valence-corrected chi connectivity index (χ2v) is 6.41. The first-order valence-corrected chi connectivity index (χ1v) is 8.91. The van der Waals surface area contributed by atoms with Gasteiger partial charge in [-0.05, 0) is 56.5 Å². The fourth-order valence-corrected chi connectivity index (χ4v) is 3.27. The zero-order chi connectivity index (χ0) is 17.5. The number of carboxylic acids is 1. The molecule has 1 aromatic rings. The van der Waals surface area contributed by atoms with Crippen LogP contribution in [0.5, 0.6) is 0 Å². The van der Waals surface area contributed by atoms with E-state index in [0.29, 0.717) is 18.5 Å². The van der Waals surface area contributed by atoms with Crippen LogP contribution in [-0.2, 0) is 11.3 Å². The van der Waals surface area contributed by atoms with Crippen LogP contribution in [0.2, 0.25) is 0 Å². The van der Waals surface area contributed by atoms with Gasteiger partial charge in [-0.2, -0.15) is 0 Å². The number of amides is 1. The number of piperidine rings is 1. The highest BCUT2D eigenvalue weighted by Crippen LogP contribution is 2.20. The summed E-state index contributed by atoms with van der Waals surface area (Å²) in [7, 11) is 0. The Labute approximate surface area is 144 Å². The van der Waals surface area contributed by atoms with Crippen molar-refractivity contribution in [2.75, 3.05) is 19.6 Å². The van der Waals surface area contributed by atoms with Gasteiger partial charge in [-0.1, -0.05) is 26.0 Å². The maximum Gasteiger partial charge on any atom is 0.326 e. The number of likely N-dealkylation sites (tertiary alicyclic amines) is 1. The van der Waals surface area contributed by atoms with Crippen LogP contribution < -0.4 is 0 Å². The molecule has 0 bridgehead atoms. The van der Waals surface area contributed by atoms with Crippen LogP contribution in [0.25, 0.3) is 0 Å². The Balaban J connectivity index is 2.06. The lowest BCUT2D eigenvalue weighted by atomic mass is 10.0. The van der Waals surface area contributed by atoms with Crippen molar-refractivity contribution in [1.82, 2.24) is 9.80 Å². The van der Waals surface area contributed by atoms with Crippen LogP contribution in [0.15, 0.2) is 24.3 Å². The number of aliphatic carboxylic acids is 1. The highest BCUT2D eigenvalue weighted by Gasteiger charge is 2.32. The maximum atomic E-state index is 12.7. The van der Waals surface area contributed by atoms with Crippen molar-refractivity contribution in [2.24, 2.45) is 0 Å². The molecule has 1 aromatic carbocycles. The summed E-state index contributed by atoms with van der Waals surface area (Å²) in [6.07, 6.45) is 3.40. The third-order valence-electron chi connectivity index (χ3n) is 4.64. The first kappa shape index (κ1) is 18.5. The van der Waals surface area contributed by atoms with Gasteiger partial charge in [0, 0.05) is 18.7 Å². The molecule has 1 aliphatic rings. The van der Waals surface area contributed by atoms with Gasteiger partial charge in [0.25, 0.3) is 5.91 Å². The van der Waals surface area contributed by atoms with E-state index in [1.54, 1.807) is 0 Å². The average molecular weight is 332 g/mol. The Morgan fingerprint density at radius 3 is 2.50 bits per heavy atom. The largest absolute Gasteiger partial charge is 0.480 e. The van der Waals surface area contributed by atoms with Gasteiger partial charge in [-0.15, -0.1) is 0 Å². The minimum absolute atomic E-state index is 0.172. The topological polar surface area (TPSA) is 60.9 Å². The van der Waals surface area contributed by atoms with Crippen LogP contribution in [-0.4, -0.2) is 52.5 Å². The van der Waals surface area contributed by atoms with Crippen molar-refractivity contribution < 1.29 is 14.7 Å². The first-order valence-electron chi connectivity index (χ1n) is 8.91. The molecule has 1 heterocycles. The number of carbonyl (C=O) groups is 2. The molecule has 0 radical (unpaired) electrons. The number of rotatable bonds is 7. The van der Waals surface area contributed by atoms with Gasteiger partial charge in [-0.25, -0.2) is 4.79 Å². The van der Waals surface area contributed by atoms with Gasteiger partial charge in [-0.3, -0.25) is 9.69 Å². The summed E-state index contributed by atoms with van der Waals surface area (Å²) in [5, 5.41) is 9.33. The molecule has 1 unspecified atom stereocenters. The molecular formula is C19H28N2O3. The predicted molar refractivity (Wildman–Crippen MR) is 94.0 cm³/mol. The van der Waals surface area contributed by atoms with Crippen molar-refractivity contribution in [3.63, 3.8) is 0 Å². The lowest BCUT2D eigenvalue weighted by Crippen LogP contribution is -2.47. The molecule has 1 amide bonds. The second-order valence-electron chi connectivity index (χ2n) is 6.41. The Morgan fingerprint density at radius 1 is 1.21 bits per heavy atom. The van der Waals surface area contributed by atoms with Crippen molar-refractivity contribution in [3.05, 3.63) is 35.4 Å². The molecule has 1 N–H and O–H groups in total. The standard InChI is InChI=1S/C19H28N2O3/c1-3-12-20(4-2)14-15-8-10-16(11-9-15)18(22)21-13-6-5-7-17(21)19(23)24/h8-11,17H,3-7,12-14H2,1-2H3,(H,23,24). The van der Waals surface area contributed by atoms with Gasteiger partial charge in [0.05, 0.1) is 0 Å². The summed E-state index contributed by atoms with van der Waals surface area (Å²) in [5.41, 5.74) is 1.75. The molecule has 1 atom stereocenters. The van der Waals surface area contributed by atoms with Crippen LogP contribution in [0, 0.1) is 0 Å². The molecule has 0 aliphatic carbocycles. The summed E-state index contributed by atoms with van der Waals surface area (Å²) in [6.45, 7) is 7.78. The molecule has 1 fully saturated rings. The Bertz CT molecular complexity index is 556. The lowest BCUT2D eigenvalue weighted by Gasteiger charge is -2.33. The minimum atomic E-state index is -0.905. The van der Waals surface area contributed by atoms with E-state index < -0.39 is 12.0 Å². The smallest absolute Gasteiger partial charge is 0.326 e. The Kier molecular flexibility index (Phi) is 6.79. The Hall–Kier alpha value is -1.88. The number of hydrogen-bond donors (Lipinski definition) is 1. The SMILES string of the molecule is CCCN(CC)Cc1ccc(C(=O)N2CCCCC2C(=O)O)cc1. The second kappa shape index (κ2) is 8.83. The van der Waals surface area contributed by atoms with Crippen molar-refractivity contribution >= 4 is 11.9 Å². The van der Waals surface area contributed by atoms with E-state index in [0.717, 1.165) is 38.9 Å².